The molecular formula is C26H36N4O5. The lowest BCUT2D eigenvalue weighted by Gasteiger charge is -2.45. The van der Waals surface area contributed by atoms with Crippen molar-refractivity contribution in [3.63, 3.8) is 0 Å². The Hall–Kier alpha value is -3.07. The highest BCUT2D eigenvalue weighted by molar-refractivity contribution is 6.14. The molecule has 9 nitrogen and oxygen atoms in total. The maximum Gasteiger partial charge on any atom is 0.273 e. The molecule has 1 saturated heterocycles. The third kappa shape index (κ3) is 4.74. The first kappa shape index (κ1) is 25.0. The molecule has 190 valence electrons. The maximum absolute atomic E-state index is 14.1. The quantitative estimate of drug-likeness (QED) is 0.599. The Morgan fingerprint density at radius 3 is 2.71 bits per heavy atom. The number of carbonyl (C=O) groups excluding carboxylic acids is 3. The first-order valence-corrected chi connectivity index (χ1v) is 12.4. The molecule has 3 amide bonds. The highest BCUT2D eigenvalue weighted by Crippen LogP contribution is 2.40. The summed E-state index contributed by atoms with van der Waals surface area (Å²) < 4.78 is 13.1. The number of nitrogens with zero attached hydrogens (tertiary/aromatic N) is 2. The number of benzene rings is 1. The number of nitrogens with one attached hydrogen (secondary N) is 2. The zero-order chi connectivity index (χ0) is 25.3. The van der Waals surface area contributed by atoms with Gasteiger partial charge < -0.3 is 29.6 Å². The van der Waals surface area contributed by atoms with Gasteiger partial charge in [-0.25, -0.2) is 0 Å². The van der Waals surface area contributed by atoms with Gasteiger partial charge in [0.05, 0.1) is 31.0 Å². The smallest absolute Gasteiger partial charge is 0.273 e. The van der Waals surface area contributed by atoms with Crippen LogP contribution in [0.15, 0.2) is 18.2 Å². The van der Waals surface area contributed by atoms with E-state index in [0.29, 0.717) is 48.1 Å². The summed E-state index contributed by atoms with van der Waals surface area (Å²) in [6, 6.07) is 5.49. The van der Waals surface area contributed by atoms with Gasteiger partial charge in [-0.15, -0.1) is 0 Å². The molecular weight excluding hydrogens is 448 g/mol. The first-order valence-electron chi connectivity index (χ1n) is 12.4. The first-order chi connectivity index (χ1) is 16.7. The molecule has 9 heteroatoms. The summed E-state index contributed by atoms with van der Waals surface area (Å²) in [5.41, 5.74) is 0.452. The fourth-order valence-corrected chi connectivity index (χ4v) is 5.03. The van der Waals surface area contributed by atoms with E-state index in [9.17, 15) is 14.4 Å². The molecule has 1 aromatic heterocycles. The van der Waals surface area contributed by atoms with Crippen molar-refractivity contribution in [1.82, 2.24) is 14.8 Å². The van der Waals surface area contributed by atoms with Crippen LogP contribution in [0.3, 0.4) is 0 Å². The summed E-state index contributed by atoms with van der Waals surface area (Å²) in [5, 5.41) is 6.62. The number of aromatic nitrogens is 1. The molecule has 1 aromatic carbocycles. The van der Waals surface area contributed by atoms with Gasteiger partial charge in [-0.3, -0.25) is 14.4 Å². The SMILES string of the molecule is COc1ccc2c(c1)c(NC(C)=O)c1n2C[C@](C)(C(=O)NCCC(C)C)N(C[C@H]2CCCO2)C1=O. The van der Waals surface area contributed by atoms with Gasteiger partial charge in [-0.05, 0) is 50.3 Å². The van der Waals surface area contributed by atoms with Crippen LogP contribution in [0.4, 0.5) is 5.69 Å². The number of methoxy groups -OCH3 is 1. The van der Waals surface area contributed by atoms with Crippen molar-refractivity contribution in [2.75, 3.05) is 32.1 Å². The van der Waals surface area contributed by atoms with Crippen molar-refractivity contribution < 1.29 is 23.9 Å². The Kier molecular flexibility index (Phi) is 7.07. The molecule has 1 fully saturated rings. The number of anilines is 1. The normalized spacial score (nSPS) is 21.9. The summed E-state index contributed by atoms with van der Waals surface area (Å²) >= 11 is 0. The molecule has 2 aliphatic heterocycles. The van der Waals surface area contributed by atoms with Crippen molar-refractivity contribution in [2.45, 2.75) is 65.1 Å². The van der Waals surface area contributed by atoms with E-state index in [-0.39, 0.29) is 30.4 Å². The van der Waals surface area contributed by atoms with Crippen molar-refractivity contribution in [3.05, 3.63) is 23.9 Å². The zero-order valence-corrected chi connectivity index (χ0v) is 21.3. The summed E-state index contributed by atoms with van der Waals surface area (Å²) in [4.78, 5) is 41.5. The summed E-state index contributed by atoms with van der Waals surface area (Å²) in [6.45, 7) is 9.23. The third-order valence-corrected chi connectivity index (χ3v) is 6.99. The van der Waals surface area contributed by atoms with Gasteiger partial charge in [-0.1, -0.05) is 13.8 Å². The van der Waals surface area contributed by atoms with Crippen LogP contribution in [-0.4, -0.2) is 65.6 Å². The van der Waals surface area contributed by atoms with Crippen LogP contribution in [0.1, 0.15) is 57.4 Å². The Morgan fingerprint density at radius 2 is 2.09 bits per heavy atom. The molecule has 0 bridgehead atoms. The minimum Gasteiger partial charge on any atom is -0.497 e. The van der Waals surface area contributed by atoms with Gasteiger partial charge >= 0.3 is 0 Å². The molecule has 0 aliphatic carbocycles. The van der Waals surface area contributed by atoms with Gasteiger partial charge in [0.15, 0.2) is 0 Å². The molecule has 2 atom stereocenters. The number of carbonyl (C=O) groups is 3. The number of fused-ring (bicyclic) bond motifs is 3. The number of hydrogen-bond donors (Lipinski definition) is 2. The number of rotatable bonds is 8. The molecule has 0 spiro atoms. The number of hydrogen-bond acceptors (Lipinski definition) is 5. The Labute approximate surface area is 206 Å². The highest BCUT2D eigenvalue weighted by Gasteiger charge is 2.49. The lowest BCUT2D eigenvalue weighted by Crippen LogP contribution is -2.65. The minimum absolute atomic E-state index is 0.123. The van der Waals surface area contributed by atoms with Gasteiger partial charge in [-0.2, -0.15) is 0 Å². The molecule has 35 heavy (non-hydrogen) atoms. The predicted octanol–water partition coefficient (Wildman–Crippen LogP) is 3.16. The second-order valence-corrected chi connectivity index (χ2v) is 10.1. The van der Waals surface area contributed by atoms with Gasteiger partial charge in [0, 0.05) is 32.0 Å². The highest BCUT2D eigenvalue weighted by atomic mass is 16.5. The largest absolute Gasteiger partial charge is 0.497 e. The van der Waals surface area contributed by atoms with E-state index >= 15 is 0 Å². The number of amides is 3. The van der Waals surface area contributed by atoms with Crippen LogP contribution in [0.2, 0.25) is 0 Å². The molecule has 2 aliphatic rings. The molecule has 2 aromatic rings. The second-order valence-electron chi connectivity index (χ2n) is 10.1. The van der Waals surface area contributed by atoms with E-state index in [0.717, 1.165) is 24.8 Å². The van der Waals surface area contributed by atoms with E-state index in [2.05, 4.69) is 24.5 Å². The van der Waals surface area contributed by atoms with Crippen LogP contribution in [0, 0.1) is 5.92 Å². The fourth-order valence-electron chi connectivity index (χ4n) is 5.03. The average molecular weight is 485 g/mol. The van der Waals surface area contributed by atoms with E-state index in [1.165, 1.54) is 6.92 Å². The topological polar surface area (TPSA) is 102 Å². The van der Waals surface area contributed by atoms with Crippen LogP contribution in [-0.2, 0) is 20.9 Å². The lowest BCUT2D eigenvalue weighted by atomic mass is 9.93. The molecule has 2 N–H and O–H groups in total. The average Bonchev–Trinajstić information content (AvgIpc) is 3.42. The molecule has 0 radical (unpaired) electrons. The van der Waals surface area contributed by atoms with Gasteiger partial charge in [0.25, 0.3) is 5.91 Å². The summed E-state index contributed by atoms with van der Waals surface area (Å²) in [6.07, 6.45) is 2.50. The fraction of sp³-hybridized carbons (Fsp3) is 0.577. The van der Waals surface area contributed by atoms with Gasteiger partial charge in [0.2, 0.25) is 11.8 Å². The lowest BCUT2D eigenvalue weighted by molar-refractivity contribution is -0.133. The Balaban J connectivity index is 1.82. The summed E-state index contributed by atoms with van der Waals surface area (Å²) in [5.74, 6) is 0.305. The van der Waals surface area contributed by atoms with Crippen LogP contribution in [0.5, 0.6) is 5.75 Å². The van der Waals surface area contributed by atoms with Crippen molar-refractivity contribution >= 4 is 34.3 Å². The van der Waals surface area contributed by atoms with Crippen molar-refractivity contribution in [3.8, 4) is 5.75 Å². The van der Waals surface area contributed by atoms with Crippen molar-refractivity contribution in [1.29, 1.82) is 0 Å². The zero-order valence-electron chi connectivity index (χ0n) is 21.3. The van der Waals surface area contributed by atoms with Crippen LogP contribution in [0.25, 0.3) is 10.9 Å². The van der Waals surface area contributed by atoms with Gasteiger partial charge in [0.1, 0.15) is 17.0 Å². The third-order valence-electron chi connectivity index (χ3n) is 6.99. The monoisotopic (exact) mass is 484 g/mol. The van der Waals surface area contributed by atoms with Crippen molar-refractivity contribution in [2.24, 2.45) is 5.92 Å². The van der Waals surface area contributed by atoms with E-state index in [4.69, 9.17) is 9.47 Å². The molecule has 3 heterocycles. The van der Waals surface area contributed by atoms with Crippen LogP contribution < -0.4 is 15.4 Å². The summed E-state index contributed by atoms with van der Waals surface area (Å²) in [7, 11) is 1.57. The van der Waals surface area contributed by atoms with E-state index in [1.54, 1.807) is 12.0 Å². The Bertz CT molecular complexity index is 1130. The van der Waals surface area contributed by atoms with Crippen LogP contribution >= 0.6 is 0 Å². The molecule has 0 unspecified atom stereocenters. The molecule has 0 saturated carbocycles. The number of ether oxygens (including phenoxy) is 2. The maximum atomic E-state index is 14.1. The molecule has 4 rings (SSSR count). The standard InChI is InChI=1S/C26H36N4O5/c1-16(2)10-11-27-25(33)26(4)15-29-21-9-8-18(34-5)13-20(21)22(28-17(3)31)23(29)24(32)30(26)14-19-7-6-12-35-19/h8-9,13,16,19H,6-7,10-12,14-15H2,1-5H3,(H,27,33)(H,28,31)/t19-,26-/m1/s1. The second kappa shape index (κ2) is 9.89. The van der Waals surface area contributed by atoms with E-state index in [1.807, 2.05) is 29.7 Å². The minimum atomic E-state index is -1.12. The Morgan fingerprint density at radius 1 is 1.31 bits per heavy atom. The van der Waals surface area contributed by atoms with E-state index < -0.39 is 5.54 Å². The predicted molar refractivity (Wildman–Crippen MR) is 134 cm³/mol.